The standard InChI is InChI=1S/2C36H40NO.C32H30NO.C30H28NO/c1-21(2)18-36(19-22(3)4)29-12-10-9-11-26(29)27-15-16-31-33(34(27)36)28-14-13-23(5)32(35(28)38-31)30-17-24(6)25(7)20-37(30)8;1-21(2)18-36(19-22(3)4)28-12-10-9-11-26(28)33-29(36)15-16-31-34(33)27-14-13-23(5)32(35(27)38-31)30-17-24(6)25(7)20-37(30)8;1-19-11-12-24-29-27(34-31(24)28(19)26-17-20(2)21(3)18-33(26)4)14-13-23-22-9-5-6-10-25(22)32(30(23)29)15-7-8-16-32;1-17-11-12-21-28-25(32-29(21)26(17)24-15-18(2)19(3)16-31(24)6)14-13-23-27(28)20-9-7-8-10-22(20)30(23,4)5/h2*9-17,20-22H,18-19H2,1-8H3;5-6,9-14,17-18H,7-8,15-16H2,1-4H3;7-16H,1-6H3/q4*+1. The zero-order valence-corrected chi connectivity index (χ0v) is 88.5. The smallest absolute Gasteiger partial charge is 0.216 e. The van der Waals surface area contributed by atoms with Gasteiger partial charge in [0.2, 0.25) is 22.8 Å². The summed E-state index contributed by atoms with van der Waals surface area (Å²) < 4.78 is 36.0. The summed E-state index contributed by atoms with van der Waals surface area (Å²) in [6.07, 6.45) is 18.5. The summed E-state index contributed by atoms with van der Waals surface area (Å²) in [4.78, 5) is 0. The Bertz CT molecular complexity index is 8650. The number of hydrogen-bond acceptors (Lipinski definition) is 4. The van der Waals surface area contributed by atoms with Crippen LogP contribution in [0.5, 0.6) is 0 Å². The lowest BCUT2D eigenvalue weighted by atomic mass is 9.67. The fourth-order valence-electron chi connectivity index (χ4n) is 27.4. The number of hydrogen-bond donors (Lipinski definition) is 0. The van der Waals surface area contributed by atoms with E-state index in [1.807, 2.05) is 0 Å². The Morgan fingerprint density at radius 1 is 0.254 bits per heavy atom. The van der Waals surface area contributed by atoms with Crippen molar-refractivity contribution in [1.29, 1.82) is 0 Å². The highest BCUT2D eigenvalue weighted by molar-refractivity contribution is 6.21. The summed E-state index contributed by atoms with van der Waals surface area (Å²) in [5.74, 6) is 2.36. The second-order valence-corrected chi connectivity index (χ2v) is 45.6. The van der Waals surface area contributed by atoms with Gasteiger partial charge in [-0.15, -0.1) is 0 Å². The van der Waals surface area contributed by atoms with Crippen LogP contribution in [-0.4, -0.2) is 0 Å². The van der Waals surface area contributed by atoms with Crippen LogP contribution in [0, 0.1) is 107 Å². The molecule has 0 N–H and O–H groups in total. The molecule has 0 aliphatic heterocycles. The van der Waals surface area contributed by atoms with Crippen LogP contribution in [0.2, 0.25) is 0 Å². The summed E-state index contributed by atoms with van der Waals surface area (Å²) in [6.45, 7) is 49.9. The van der Waals surface area contributed by atoms with Gasteiger partial charge in [0.25, 0.3) is 0 Å². The summed E-state index contributed by atoms with van der Waals surface area (Å²) in [7, 11) is 8.56. The Labute approximate surface area is 839 Å². The molecule has 8 nitrogen and oxygen atoms in total. The average molecular weight is 1870 g/mol. The van der Waals surface area contributed by atoms with Gasteiger partial charge in [-0.1, -0.05) is 252 Å². The molecular weight excluding hydrogens is 1730 g/mol. The van der Waals surface area contributed by atoms with E-state index in [2.05, 4.69) is 442 Å². The van der Waals surface area contributed by atoms with E-state index in [9.17, 15) is 0 Å². The molecule has 0 radical (unpaired) electrons. The van der Waals surface area contributed by atoms with Crippen LogP contribution in [0.15, 0.2) is 261 Å². The van der Waals surface area contributed by atoms with Gasteiger partial charge in [0.15, 0.2) is 24.8 Å². The minimum Gasteiger partial charge on any atom is -0.455 e. The second-order valence-electron chi connectivity index (χ2n) is 45.6. The molecule has 142 heavy (non-hydrogen) atoms. The second kappa shape index (κ2) is 34.7. The molecule has 1 spiro atoms. The molecule has 714 valence electrons. The zero-order chi connectivity index (χ0) is 99.4. The number of rotatable bonds is 12. The maximum Gasteiger partial charge on any atom is 0.216 e. The van der Waals surface area contributed by atoms with Crippen LogP contribution in [0.3, 0.4) is 0 Å². The Balaban J connectivity index is 0.000000109. The Kier molecular flexibility index (Phi) is 22.8. The van der Waals surface area contributed by atoms with E-state index in [1.165, 1.54) is 270 Å². The molecule has 0 unspecified atom stereocenters. The van der Waals surface area contributed by atoms with Gasteiger partial charge in [-0.25, -0.2) is 18.3 Å². The first-order chi connectivity index (χ1) is 68.0. The lowest BCUT2D eigenvalue weighted by Gasteiger charge is -2.36. The minimum atomic E-state index is -0.0270. The predicted molar refractivity (Wildman–Crippen MR) is 591 cm³/mol. The molecule has 5 aliphatic carbocycles. The molecular formula is C134H138N4O4+4. The molecule has 5 aliphatic rings. The summed E-state index contributed by atoms with van der Waals surface area (Å²) in [5.41, 5.74) is 55.8. The van der Waals surface area contributed by atoms with E-state index < -0.39 is 0 Å². The molecule has 25 rings (SSSR count). The molecule has 1 saturated carbocycles. The third-order valence-electron chi connectivity index (χ3n) is 33.7. The molecule has 8 aromatic heterocycles. The van der Waals surface area contributed by atoms with Gasteiger partial charge in [-0.2, -0.15) is 0 Å². The van der Waals surface area contributed by atoms with E-state index in [1.54, 1.807) is 0 Å². The van der Waals surface area contributed by atoms with Crippen molar-refractivity contribution in [3.63, 3.8) is 0 Å². The number of benzene rings is 12. The van der Waals surface area contributed by atoms with Gasteiger partial charge < -0.3 is 17.7 Å². The van der Waals surface area contributed by atoms with Crippen molar-refractivity contribution in [3.8, 4) is 89.5 Å². The highest BCUT2D eigenvalue weighted by Gasteiger charge is 2.50. The maximum atomic E-state index is 6.86. The number of furan rings is 4. The summed E-state index contributed by atoms with van der Waals surface area (Å²) >= 11 is 0. The Morgan fingerprint density at radius 2 is 0.542 bits per heavy atom. The minimum absolute atomic E-state index is 0.0161. The normalized spacial score (nSPS) is 14.6. The lowest BCUT2D eigenvalue weighted by molar-refractivity contribution is -0.660. The number of aromatic nitrogens is 4. The van der Waals surface area contributed by atoms with Crippen LogP contribution in [-0.2, 0) is 49.9 Å². The van der Waals surface area contributed by atoms with Crippen LogP contribution in [0.4, 0.5) is 0 Å². The highest BCUT2D eigenvalue weighted by Crippen LogP contribution is 2.64. The first kappa shape index (κ1) is 93.4. The van der Waals surface area contributed by atoms with Gasteiger partial charge in [0.05, 0.1) is 22.3 Å². The van der Waals surface area contributed by atoms with Gasteiger partial charge in [-0.3, -0.25) is 0 Å². The first-order valence-corrected chi connectivity index (χ1v) is 52.3. The van der Waals surface area contributed by atoms with E-state index in [4.69, 9.17) is 17.7 Å². The maximum absolute atomic E-state index is 6.86. The Hall–Kier alpha value is -13.6. The van der Waals surface area contributed by atoms with Crippen molar-refractivity contribution in [2.45, 2.75) is 225 Å². The summed E-state index contributed by atoms with van der Waals surface area (Å²) in [5, 5.41) is 10.1. The van der Waals surface area contributed by atoms with E-state index in [0.29, 0.717) is 23.7 Å². The van der Waals surface area contributed by atoms with Crippen LogP contribution < -0.4 is 18.3 Å². The molecule has 0 bridgehead atoms. The fraction of sp³-hybridized carbons (Fsp3) is 0.313. The predicted octanol–water partition coefficient (Wildman–Crippen LogP) is 33.9. The lowest BCUT2D eigenvalue weighted by Crippen LogP contribution is -2.31. The molecule has 8 heteroatoms. The van der Waals surface area contributed by atoms with Crippen molar-refractivity contribution in [1.82, 2.24) is 0 Å². The van der Waals surface area contributed by atoms with Gasteiger partial charge in [0.1, 0.15) is 72.9 Å². The molecule has 8 heterocycles. The van der Waals surface area contributed by atoms with Gasteiger partial charge >= 0.3 is 0 Å². The molecule has 0 atom stereocenters. The number of fused-ring (bicyclic) bond motifs is 30. The quantitative estimate of drug-likeness (QED) is 0.114. The van der Waals surface area contributed by atoms with Gasteiger partial charge in [-0.05, 0) is 303 Å². The highest BCUT2D eigenvalue weighted by atomic mass is 16.3. The van der Waals surface area contributed by atoms with E-state index in [-0.39, 0.29) is 21.7 Å². The monoisotopic (exact) mass is 1870 g/mol. The third-order valence-corrected chi connectivity index (χ3v) is 33.7. The fourth-order valence-corrected chi connectivity index (χ4v) is 27.4. The van der Waals surface area contributed by atoms with Crippen molar-refractivity contribution in [2.75, 3.05) is 0 Å². The number of nitrogens with zero attached hydrogens (tertiary/aromatic N) is 4. The molecule has 1 fully saturated rings. The van der Waals surface area contributed by atoms with Crippen LogP contribution >= 0.6 is 0 Å². The topological polar surface area (TPSA) is 68.1 Å². The molecule has 12 aromatic carbocycles. The SMILES string of the molecule is Cc1cc(-c2c(C)ccc3c2oc2ccc4c(c23)-c2ccccc2C4(C)C)[n+](C)cc1C.Cc1cc(-c2c(C)ccc3c2oc2ccc4c(c23)-c2ccccc2C4(CC(C)C)CC(C)C)[n+](C)cc1C.Cc1cc(-c2c(C)ccc3c2oc2ccc4c(c23)C(CC(C)C)(CC(C)C)c2ccccc2-4)[n+](C)cc1C.Cc1cc(-c2c(C)ccc3c2oc2ccc4c(c23)C2(CCCC2)c2ccccc2-4)[n+](C)cc1C. The Morgan fingerprint density at radius 3 is 0.930 bits per heavy atom. The number of aryl methyl sites for hydroxylation is 16. The number of pyridine rings is 4. The third kappa shape index (κ3) is 14.4. The van der Waals surface area contributed by atoms with Crippen LogP contribution in [0.1, 0.15) is 232 Å². The summed E-state index contributed by atoms with van der Waals surface area (Å²) in [6, 6.07) is 81.8. The van der Waals surface area contributed by atoms with Crippen LogP contribution in [0.25, 0.3) is 177 Å². The molecule has 0 saturated heterocycles. The largest absolute Gasteiger partial charge is 0.455 e. The van der Waals surface area contributed by atoms with Crippen molar-refractivity contribution in [3.05, 3.63) is 354 Å². The van der Waals surface area contributed by atoms with Crippen molar-refractivity contribution < 1.29 is 35.9 Å². The van der Waals surface area contributed by atoms with E-state index >= 15 is 0 Å². The average Bonchev–Trinajstić information content (AvgIpc) is 1.54. The van der Waals surface area contributed by atoms with Crippen molar-refractivity contribution in [2.24, 2.45) is 51.9 Å². The molecule has 20 aromatic rings. The van der Waals surface area contributed by atoms with E-state index in [0.717, 1.165) is 70.3 Å². The zero-order valence-electron chi connectivity index (χ0n) is 88.5. The first-order valence-electron chi connectivity index (χ1n) is 52.3. The van der Waals surface area contributed by atoms with Gasteiger partial charge in [0, 0.05) is 111 Å². The van der Waals surface area contributed by atoms with Crippen molar-refractivity contribution >= 4 is 87.8 Å². The molecule has 0 amide bonds.